The number of nitriles is 1. The lowest BCUT2D eigenvalue weighted by Crippen LogP contribution is -2.28. The quantitative estimate of drug-likeness (QED) is 0.686. The van der Waals surface area contributed by atoms with Gasteiger partial charge in [-0.15, -0.1) is 11.6 Å². The van der Waals surface area contributed by atoms with Gasteiger partial charge in [-0.25, -0.2) is 0 Å². The van der Waals surface area contributed by atoms with E-state index in [0.717, 1.165) is 23.3 Å². The van der Waals surface area contributed by atoms with Crippen LogP contribution in [0.5, 0.6) is 0 Å². The predicted molar refractivity (Wildman–Crippen MR) is 78.7 cm³/mol. The van der Waals surface area contributed by atoms with E-state index < -0.39 is 0 Å². The molecule has 0 aromatic heterocycles. The maximum Gasteiger partial charge on any atom is 0.0982 e. The highest BCUT2D eigenvalue weighted by Crippen LogP contribution is 2.39. The number of alkyl halides is 2. The molecule has 0 bridgehead atoms. The molecule has 0 spiro atoms. The van der Waals surface area contributed by atoms with Crippen molar-refractivity contribution in [1.29, 1.82) is 5.26 Å². The Labute approximate surface area is 122 Å². The monoisotopic (exact) mass is 326 g/mol. The Kier molecular flexibility index (Phi) is 3.62. The average molecular weight is 328 g/mol. The Hall–Kier alpha value is -0.720. The maximum absolute atomic E-state index is 9.33. The molecule has 0 aromatic rings. The zero-order valence-corrected chi connectivity index (χ0v) is 13.1. The molecule has 0 fully saturated rings. The molecule has 4 heteroatoms. The normalized spacial score (nSPS) is 35.8. The van der Waals surface area contributed by atoms with Gasteiger partial charge in [-0.2, -0.15) is 5.26 Å². The first-order valence-corrected chi connectivity index (χ1v) is 7.26. The number of nitrogens with zero attached hydrogens (tertiary/aromatic N) is 2. The summed E-state index contributed by atoms with van der Waals surface area (Å²) >= 11 is 9.87. The van der Waals surface area contributed by atoms with Crippen molar-refractivity contribution >= 4 is 27.5 Å². The lowest BCUT2D eigenvalue weighted by molar-refractivity contribution is 0.368. The van der Waals surface area contributed by atoms with Gasteiger partial charge < -0.3 is 4.90 Å². The molecule has 2 rings (SSSR count). The first kappa shape index (κ1) is 13.7. The predicted octanol–water partition coefficient (Wildman–Crippen LogP) is 3.75. The summed E-state index contributed by atoms with van der Waals surface area (Å²) in [6.45, 7) is 4.11. The van der Waals surface area contributed by atoms with Gasteiger partial charge in [-0.05, 0) is 25.8 Å². The maximum atomic E-state index is 9.33. The van der Waals surface area contributed by atoms with Crippen molar-refractivity contribution in [2.75, 3.05) is 7.05 Å². The van der Waals surface area contributed by atoms with Crippen LogP contribution in [0.15, 0.2) is 35.1 Å². The molecule has 1 heterocycles. The molecule has 3 unspecified atom stereocenters. The lowest BCUT2D eigenvalue weighted by Gasteiger charge is -2.26. The van der Waals surface area contributed by atoms with Crippen molar-refractivity contribution in [2.45, 2.75) is 36.0 Å². The van der Waals surface area contributed by atoms with Gasteiger partial charge >= 0.3 is 0 Å². The molecule has 96 valence electrons. The van der Waals surface area contributed by atoms with E-state index in [0.29, 0.717) is 0 Å². The molecule has 3 atom stereocenters. The van der Waals surface area contributed by atoms with Crippen LogP contribution in [-0.2, 0) is 0 Å². The summed E-state index contributed by atoms with van der Waals surface area (Å²) in [6.07, 6.45) is 6.94. The minimum Gasteiger partial charge on any atom is -0.369 e. The van der Waals surface area contributed by atoms with E-state index in [4.69, 9.17) is 11.6 Å². The third-order valence-electron chi connectivity index (χ3n) is 3.64. The van der Waals surface area contributed by atoms with E-state index in [1.54, 1.807) is 0 Å². The first-order chi connectivity index (χ1) is 8.37. The summed E-state index contributed by atoms with van der Waals surface area (Å²) in [5, 5.41) is 9.33. The highest BCUT2D eigenvalue weighted by atomic mass is 79.9. The van der Waals surface area contributed by atoms with Crippen molar-refractivity contribution in [3.05, 3.63) is 35.1 Å². The third-order valence-corrected chi connectivity index (χ3v) is 5.15. The first-order valence-electron chi connectivity index (χ1n) is 5.97. The molecule has 1 aliphatic heterocycles. The Morgan fingerprint density at radius 2 is 2.28 bits per heavy atom. The number of allylic oxidation sites excluding steroid dienone is 3. The minimum atomic E-state index is -0.298. The van der Waals surface area contributed by atoms with Crippen molar-refractivity contribution < 1.29 is 0 Å². The second kappa shape index (κ2) is 4.75. The Morgan fingerprint density at radius 3 is 2.78 bits per heavy atom. The number of halogens is 2. The van der Waals surface area contributed by atoms with Gasteiger partial charge in [0, 0.05) is 13.1 Å². The van der Waals surface area contributed by atoms with Crippen molar-refractivity contribution in [1.82, 2.24) is 4.90 Å². The third kappa shape index (κ3) is 2.24. The molecule has 0 saturated carbocycles. The van der Waals surface area contributed by atoms with Crippen LogP contribution in [0.4, 0.5) is 0 Å². The summed E-state index contributed by atoms with van der Waals surface area (Å²) < 4.78 is 0. The lowest BCUT2D eigenvalue weighted by atomic mass is 9.95. The zero-order chi connectivity index (χ0) is 13.5. The second-order valence-electron chi connectivity index (χ2n) is 5.10. The zero-order valence-electron chi connectivity index (χ0n) is 10.7. The molecule has 0 radical (unpaired) electrons. The number of likely N-dealkylation sites (N-methyl/N-ethyl adjacent to an activating group) is 1. The molecule has 2 nitrogen and oxygen atoms in total. The SMILES string of the molecule is CC1C(Br)C(C#N)=C(C2=CCC(C)(Cl)C=C2)N1C. The van der Waals surface area contributed by atoms with Crippen molar-refractivity contribution in [3.8, 4) is 6.07 Å². The standard InChI is InChI=1S/C14H16BrClN2/c1-9-12(15)11(8-17)13(18(9)3)10-4-6-14(2,16)7-5-10/h4-6,9,12H,7H2,1-3H3. The van der Waals surface area contributed by atoms with Gasteiger partial charge in [-0.1, -0.05) is 34.2 Å². The van der Waals surface area contributed by atoms with Crippen LogP contribution in [0.1, 0.15) is 20.3 Å². The van der Waals surface area contributed by atoms with Gasteiger partial charge in [-0.3, -0.25) is 0 Å². The highest BCUT2D eigenvalue weighted by molar-refractivity contribution is 9.09. The Bertz CT molecular complexity index is 496. The molecular weight excluding hydrogens is 312 g/mol. The van der Waals surface area contributed by atoms with E-state index in [9.17, 15) is 5.26 Å². The van der Waals surface area contributed by atoms with Crippen molar-refractivity contribution in [3.63, 3.8) is 0 Å². The van der Waals surface area contributed by atoms with E-state index in [1.165, 1.54) is 0 Å². The molecule has 0 N–H and O–H groups in total. The second-order valence-corrected chi connectivity index (χ2v) is 6.95. The van der Waals surface area contributed by atoms with Crippen molar-refractivity contribution in [2.24, 2.45) is 0 Å². The number of hydrogen-bond acceptors (Lipinski definition) is 2. The molecule has 0 amide bonds. The van der Waals surface area contributed by atoms with Crippen LogP contribution in [0.2, 0.25) is 0 Å². The fourth-order valence-electron chi connectivity index (χ4n) is 2.32. The minimum absolute atomic E-state index is 0.0983. The average Bonchev–Trinajstić information content (AvgIpc) is 2.54. The van der Waals surface area contributed by atoms with Gasteiger partial charge in [0.2, 0.25) is 0 Å². The number of hydrogen-bond donors (Lipinski definition) is 0. The van der Waals surface area contributed by atoms with E-state index in [-0.39, 0.29) is 15.7 Å². The van der Waals surface area contributed by atoms with E-state index in [2.05, 4.69) is 39.9 Å². The van der Waals surface area contributed by atoms with Crippen LogP contribution in [-0.4, -0.2) is 27.7 Å². The van der Waals surface area contributed by atoms with Gasteiger partial charge in [0.15, 0.2) is 0 Å². The molecule has 0 saturated heterocycles. The molecule has 2 aliphatic rings. The smallest absolute Gasteiger partial charge is 0.0982 e. The fourth-order valence-corrected chi connectivity index (χ4v) is 3.13. The van der Waals surface area contributed by atoms with E-state index >= 15 is 0 Å². The van der Waals surface area contributed by atoms with E-state index in [1.807, 2.05) is 26.1 Å². The summed E-state index contributed by atoms with van der Waals surface area (Å²) in [5.41, 5.74) is 2.93. The summed E-state index contributed by atoms with van der Waals surface area (Å²) in [7, 11) is 2.03. The van der Waals surface area contributed by atoms with Crippen LogP contribution < -0.4 is 0 Å². The van der Waals surface area contributed by atoms with Gasteiger partial charge in [0.25, 0.3) is 0 Å². The topological polar surface area (TPSA) is 27.0 Å². The molecule has 0 aromatic carbocycles. The molecule has 18 heavy (non-hydrogen) atoms. The highest BCUT2D eigenvalue weighted by Gasteiger charge is 2.36. The fraction of sp³-hybridized carbons (Fsp3) is 0.500. The molecule has 1 aliphatic carbocycles. The summed E-state index contributed by atoms with van der Waals surface area (Å²) in [5.74, 6) is 0. The number of rotatable bonds is 1. The largest absolute Gasteiger partial charge is 0.369 e. The van der Waals surface area contributed by atoms with Crippen LogP contribution in [0, 0.1) is 11.3 Å². The Balaban J connectivity index is 2.40. The van der Waals surface area contributed by atoms with Crippen LogP contribution in [0.3, 0.4) is 0 Å². The van der Waals surface area contributed by atoms with Crippen LogP contribution in [0.25, 0.3) is 0 Å². The molecular formula is C14H16BrClN2. The van der Waals surface area contributed by atoms with Gasteiger partial charge in [0.05, 0.1) is 27.0 Å². The summed E-state index contributed by atoms with van der Waals surface area (Å²) in [4.78, 5) is 1.96. The van der Waals surface area contributed by atoms with Gasteiger partial charge in [0.1, 0.15) is 0 Å². The van der Waals surface area contributed by atoms with Crippen LogP contribution >= 0.6 is 27.5 Å². The summed E-state index contributed by atoms with van der Waals surface area (Å²) in [6, 6.07) is 2.61. The Morgan fingerprint density at radius 1 is 1.61 bits per heavy atom.